The summed E-state index contributed by atoms with van der Waals surface area (Å²) in [5.41, 5.74) is 0.637. The maximum absolute atomic E-state index is 13.8. The second kappa shape index (κ2) is 8.73. The number of fused-ring (bicyclic) bond motifs is 4. The Morgan fingerprint density at radius 2 is 1.59 bits per heavy atom. The molecular formula is C27H19Cl4N3O5. The van der Waals surface area contributed by atoms with Crippen LogP contribution in [0.25, 0.3) is 5.69 Å². The lowest BCUT2D eigenvalue weighted by Gasteiger charge is -2.54. The fourth-order valence-corrected chi connectivity index (χ4v) is 7.52. The lowest BCUT2D eigenvalue weighted by molar-refractivity contribution is -0.128. The summed E-state index contributed by atoms with van der Waals surface area (Å²) < 4.78 is 3.57. The number of phenols is 1. The Morgan fingerprint density at radius 1 is 0.923 bits per heavy atom. The van der Waals surface area contributed by atoms with Crippen LogP contribution in [0.3, 0.4) is 0 Å². The van der Waals surface area contributed by atoms with Crippen LogP contribution in [0.1, 0.15) is 29.5 Å². The highest BCUT2D eigenvalue weighted by Gasteiger charge is 2.71. The molecule has 1 fully saturated rings. The molecule has 2 aliphatic carbocycles. The molecule has 200 valence electrons. The number of nitrogens with zero attached hydrogens (tertiary/aromatic N) is 3. The molecule has 0 spiro atoms. The second-order valence-electron chi connectivity index (χ2n) is 9.86. The van der Waals surface area contributed by atoms with Crippen LogP contribution in [0.5, 0.6) is 5.75 Å². The second-order valence-corrected chi connectivity index (χ2v) is 11.9. The van der Waals surface area contributed by atoms with Crippen molar-refractivity contribution in [3.05, 3.63) is 102 Å². The van der Waals surface area contributed by atoms with Crippen LogP contribution in [0, 0.1) is 6.92 Å². The molecule has 1 saturated carbocycles. The van der Waals surface area contributed by atoms with Crippen molar-refractivity contribution in [3.63, 3.8) is 0 Å². The van der Waals surface area contributed by atoms with E-state index < -0.39 is 54.7 Å². The van der Waals surface area contributed by atoms with Gasteiger partial charge < -0.3 is 5.11 Å². The van der Waals surface area contributed by atoms with Gasteiger partial charge in [-0.2, -0.15) is 0 Å². The molecule has 1 aromatic heterocycles. The number of benzene rings is 2. The van der Waals surface area contributed by atoms with Gasteiger partial charge in [-0.05, 0) is 41.8 Å². The summed E-state index contributed by atoms with van der Waals surface area (Å²) in [5.74, 6) is -2.71. The van der Waals surface area contributed by atoms with Crippen molar-refractivity contribution >= 4 is 58.0 Å². The first-order chi connectivity index (χ1) is 18.4. The smallest absolute Gasteiger partial charge is 0.352 e. The van der Waals surface area contributed by atoms with Gasteiger partial charge in [-0.3, -0.25) is 9.59 Å². The molecule has 2 heterocycles. The van der Waals surface area contributed by atoms with Gasteiger partial charge in [-0.1, -0.05) is 59.6 Å². The molecule has 12 heteroatoms. The number of aromatic nitrogens is 3. The van der Waals surface area contributed by atoms with E-state index in [9.17, 15) is 24.3 Å². The summed E-state index contributed by atoms with van der Waals surface area (Å²) in [6.07, 6.45) is 1.42. The Bertz CT molecular complexity index is 1790. The van der Waals surface area contributed by atoms with E-state index in [-0.39, 0.29) is 18.7 Å². The van der Waals surface area contributed by atoms with Gasteiger partial charge in [-0.15, -0.1) is 23.2 Å². The minimum Gasteiger partial charge on any atom is -0.508 e. The van der Waals surface area contributed by atoms with E-state index in [1.54, 1.807) is 55.5 Å². The number of ketones is 2. The van der Waals surface area contributed by atoms with Gasteiger partial charge in [0.2, 0.25) is 0 Å². The molecular weight excluding hydrogens is 588 g/mol. The summed E-state index contributed by atoms with van der Waals surface area (Å²) >= 11 is 26.7. The third-order valence-electron chi connectivity index (χ3n) is 7.87. The minimum absolute atomic E-state index is 0.00201. The zero-order chi connectivity index (χ0) is 28.0. The summed E-state index contributed by atoms with van der Waals surface area (Å²) in [6, 6.07) is 12.2. The fraction of sp³-hybridized carbons (Fsp3) is 0.259. The molecule has 0 radical (unpaired) electrons. The number of carbonyl (C=O) groups excluding carboxylic acids is 2. The topological polar surface area (TPSA) is 103 Å². The largest absolute Gasteiger partial charge is 0.508 e. The van der Waals surface area contributed by atoms with Crippen LogP contribution >= 0.6 is 46.4 Å². The van der Waals surface area contributed by atoms with E-state index in [1.165, 1.54) is 15.4 Å². The Kier molecular flexibility index (Phi) is 5.86. The molecule has 0 saturated heterocycles. The average Bonchev–Trinajstić information content (AvgIpc) is 3.18. The van der Waals surface area contributed by atoms with Crippen molar-refractivity contribution in [1.29, 1.82) is 0 Å². The molecule has 1 N–H and O–H groups in total. The van der Waals surface area contributed by atoms with Crippen molar-refractivity contribution in [2.24, 2.45) is 0 Å². The Balaban J connectivity index is 1.65. The number of hydrogen-bond donors (Lipinski definition) is 1. The monoisotopic (exact) mass is 605 g/mol. The number of phenolic OH excluding ortho intramolecular Hbond substituents is 1. The molecule has 4 atom stereocenters. The van der Waals surface area contributed by atoms with E-state index in [0.717, 1.165) is 4.57 Å². The van der Waals surface area contributed by atoms with Gasteiger partial charge in [-0.25, -0.2) is 23.5 Å². The fourth-order valence-electron chi connectivity index (χ4n) is 6.00. The van der Waals surface area contributed by atoms with E-state index in [2.05, 4.69) is 0 Å². The van der Waals surface area contributed by atoms with Crippen LogP contribution in [0.2, 0.25) is 0 Å². The molecule has 3 aromatic rings. The number of hydrogen-bond acceptors (Lipinski definition) is 5. The summed E-state index contributed by atoms with van der Waals surface area (Å²) in [5, 5.41) is 9.11. The number of Topliss-reactive ketones (excluding diaryl/α,β-unsaturated/α-hetero) is 2. The van der Waals surface area contributed by atoms with Crippen molar-refractivity contribution in [3.8, 4) is 11.4 Å². The van der Waals surface area contributed by atoms with Crippen molar-refractivity contribution < 1.29 is 14.7 Å². The molecule has 6 rings (SSSR count). The number of para-hydroxylation sites is 1. The van der Waals surface area contributed by atoms with E-state index >= 15 is 0 Å². The molecule has 4 unspecified atom stereocenters. The molecule has 2 aromatic carbocycles. The predicted molar refractivity (Wildman–Crippen MR) is 148 cm³/mol. The molecule has 0 bridgehead atoms. The Hall–Kier alpha value is -3.04. The number of alkyl halides is 2. The Morgan fingerprint density at radius 3 is 2.26 bits per heavy atom. The zero-order valence-corrected chi connectivity index (χ0v) is 23.2. The highest BCUT2D eigenvalue weighted by molar-refractivity contribution is 6.66. The summed E-state index contributed by atoms with van der Waals surface area (Å²) in [4.78, 5) is 50.4. The first kappa shape index (κ1) is 26.2. The highest BCUT2D eigenvalue weighted by Crippen LogP contribution is 2.63. The molecule has 8 nitrogen and oxygen atoms in total. The van der Waals surface area contributed by atoms with Crippen LogP contribution in [-0.2, 0) is 16.1 Å². The number of aromatic hydroxyl groups is 1. The van der Waals surface area contributed by atoms with Gasteiger partial charge in [0.1, 0.15) is 25.6 Å². The van der Waals surface area contributed by atoms with Gasteiger partial charge in [0.05, 0.1) is 18.3 Å². The van der Waals surface area contributed by atoms with E-state index in [1.807, 2.05) is 0 Å². The molecule has 39 heavy (non-hydrogen) atoms. The third-order valence-corrected chi connectivity index (χ3v) is 10.1. The first-order valence-electron chi connectivity index (χ1n) is 12.0. The molecule has 0 amide bonds. The molecule has 3 aliphatic rings. The van der Waals surface area contributed by atoms with Crippen LogP contribution in [0.15, 0.2) is 79.8 Å². The van der Waals surface area contributed by atoms with Crippen LogP contribution in [0.4, 0.5) is 0 Å². The SMILES string of the molecule is Cc1cc(C2C3=CCn4c(=O)n(-c5ccccc5)c(=O)n4C3CC3(Cl)C(=O)C(Cl)=C(Cl)C(=O)C23Cl)ccc1O. The first-order valence-corrected chi connectivity index (χ1v) is 13.5. The number of halogens is 4. The van der Waals surface area contributed by atoms with E-state index in [0.29, 0.717) is 22.4 Å². The maximum Gasteiger partial charge on any atom is 0.352 e. The Labute approximate surface area is 241 Å². The van der Waals surface area contributed by atoms with Gasteiger partial charge in [0, 0.05) is 12.3 Å². The van der Waals surface area contributed by atoms with Crippen molar-refractivity contribution in [2.45, 2.75) is 41.6 Å². The normalized spacial score (nSPS) is 28.1. The molecule has 1 aliphatic heterocycles. The quantitative estimate of drug-likeness (QED) is 0.346. The standard InChI is InChI=1S/C27H19Cl4N3O5/c1-13-11-14(7-8-18(13)35)19-16-9-10-32-24(38)33(15-5-3-2-4-6-15)25(39)34(32)17(16)12-26(30)22(36)20(28)21(29)23(37)27(19,26)31/h2-9,11,17,19,35H,10,12H2,1H3. The number of rotatable bonds is 2. The van der Waals surface area contributed by atoms with Gasteiger partial charge in [0.15, 0.2) is 11.6 Å². The third kappa shape index (κ3) is 3.32. The van der Waals surface area contributed by atoms with Crippen LogP contribution < -0.4 is 11.4 Å². The lowest BCUT2D eigenvalue weighted by Crippen LogP contribution is -2.67. The van der Waals surface area contributed by atoms with Crippen LogP contribution in [-0.4, -0.2) is 40.4 Å². The minimum atomic E-state index is -2.12. The van der Waals surface area contributed by atoms with E-state index in [4.69, 9.17) is 46.4 Å². The average molecular weight is 607 g/mol. The van der Waals surface area contributed by atoms with Crippen molar-refractivity contribution in [1.82, 2.24) is 13.9 Å². The lowest BCUT2D eigenvalue weighted by atomic mass is 9.59. The van der Waals surface area contributed by atoms with Crippen molar-refractivity contribution in [2.75, 3.05) is 0 Å². The summed E-state index contributed by atoms with van der Waals surface area (Å²) in [7, 11) is 0. The number of allylic oxidation sites excluding steroid dienone is 4. The van der Waals surface area contributed by atoms with Gasteiger partial charge >= 0.3 is 11.4 Å². The van der Waals surface area contributed by atoms with Gasteiger partial charge in [0.25, 0.3) is 0 Å². The maximum atomic E-state index is 13.8. The highest BCUT2D eigenvalue weighted by atomic mass is 35.5. The predicted octanol–water partition coefficient (Wildman–Crippen LogP) is 4.28. The number of aryl methyl sites for hydroxylation is 1. The number of carbonyl (C=O) groups is 2. The summed E-state index contributed by atoms with van der Waals surface area (Å²) in [6.45, 7) is 1.67. The zero-order valence-electron chi connectivity index (χ0n) is 20.2.